The first-order chi connectivity index (χ1) is 15.4. The van der Waals surface area contributed by atoms with E-state index in [2.05, 4.69) is 4.98 Å². The number of nitrogens with zero attached hydrogens (tertiary/aromatic N) is 4. The maximum Gasteiger partial charge on any atom is 0.332 e. The number of carbonyl (C=O) groups excluding carboxylic acids is 1. The number of imidazole rings is 1. The Kier molecular flexibility index (Phi) is 7.00. The van der Waals surface area contributed by atoms with Gasteiger partial charge in [-0.25, -0.2) is 9.78 Å². The quantitative estimate of drug-likeness (QED) is 0.403. The van der Waals surface area contributed by atoms with E-state index in [1.54, 1.807) is 17.7 Å². The number of esters is 1. The van der Waals surface area contributed by atoms with Crippen LogP contribution in [0.1, 0.15) is 51.9 Å². The lowest BCUT2D eigenvalue weighted by atomic mass is 9.94. The molecule has 0 aliphatic carbocycles. The molecule has 0 saturated heterocycles. The Balaban J connectivity index is 2.17. The zero-order valence-corrected chi connectivity index (χ0v) is 20.2. The molecule has 9 heteroatoms. The second kappa shape index (κ2) is 9.41. The third kappa shape index (κ3) is 5.29. The van der Waals surface area contributed by atoms with E-state index in [1.165, 1.54) is 11.6 Å². The van der Waals surface area contributed by atoms with Gasteiger partial charge in [0, 0.05) is 27.1 Å². The van der Waals surface area contributed by atoms with Crippen LogP contribution in [0.2, 0.25) is 0 Å². The third-order valence-corrected chi connectivity index (χ3v) is 5.52. The molecule has 33 heavy (non-hydrogen) atoms. The number of rotatable bonds is 7. The van der Waals surface area contributed by atoms with Crippen molar-refractivity contribution in [1.82, 2.24) is 18.7 Å². The van der Waals surface area contributed by atoms with Crippen molar-refractivity contribution in [2.45, 2.75) is 59.1 Å². The van der Waals surface area contributed by atoms with Gasteiger partial charge in [0.2, 0.25) is 0 Å². The molecule has 2 radical (unpaired) electrons. The van der Waals surface area contributed by atoms with Gasteiger partial charge >= 0.3 is 11.7 Å². The number of benzene rings is 1. The minimum Gasteiger partial charge on any atom is -0.460 e. The first-order valence-electron chi connectivity index (χ1n) is 11.1. The van der Waals surface area contributed by atoms with Gasteiger partial charge in [-0.3, -0.25) is 18.7 Å². The summed E-state index contributed by atoms with van der Waals surface area (Å²) < 4.78 is 9.87. The molecule has 0 spiro atoms. The summed E-state index contributed by atoms with van der Waals surface area (Å²) in [6.45, 7) is 7.84. The highest BCUT2D eigenvalue weighted by Crippen LogP contribution is 2.22. The van der Waals surface area contributed by atoms with E-state index < -0.39 is 22.8 Å². The average Bonchev–Trinajstić information content (AvgIpc) is 3.07. The number of aryl methyl sites for hydroxylation is 1. The number of ether oxygens (including phenoxy) is 1. The molecule has 3 aromatic rings. The van der Waals surface area contributed by atoms with Crippen LogP contribution in [0.3, 0.4) is 0 Å². The first kappa shape index (κ1) is 24.5. The van der Waals surface area contributed by atoms with Crippen LogP contribution in [0.5, 0.6) is 0 Å². The molecule has 1 atom stereocenters. The highest BCUT2D eigenvalue weighted by atomic mass is 16.6. The maximum atomic E-state index is 13.1. The molecule has 1 aromatic carbocycles. The SMILES string of the molecule is [B]c1cccc(Cn2c(CC(CCC)C(=O)OC(C)(C)C)nc3c2c(=O)n(C)c(=O)n3C)c1. The Morgan fingerprint density at radius 2 is 1.88 bits per heavy atom. The lowest BCUT2D eigenvalue weighted by Gasteiger charge is -2.24. The van der Waals surface area contributed by atoms with Gasteiger partial charge in [0.1, 0.15) is 19.3 Å². The number of carbonyl (C=O) groups is 1. The number of aromatic nitrogens is 4. The number of fused-ring (bicyclic) bond motifs is 1. The summed E-state index contributed by atoms with van der Waals surface area (Å²) in [7, 11) is 8.99. The molecule has 0 aliphatic heterocycles. The number of hydrogen-bond acceptors (Lipinski definition) is 5. The van der Waals surface area contributed by atoms with Crippen molar-refractivity contribution in [2.75, 3.05) is 0 Å². The van der Waals surface area contributed by atoms with Crippen molar-refractivity contribution in [2.24, 2.45) is 20.0 Å². The average molecular weight is 450 g/mol. The van der Waals surface area contributed by atoms with Crippen LogP contribution in [-0.4, -0.2) is 38.1 Å². The van der Waals surface area contributed by atoms with E-state index >= 15 is 0 Å². The summed E-state index contributed by atoms with van der Waals surface area (Å²) in [5, 5.41) is 0. The predicted octanol–water partition coefficient (Wildman–Crippen LogP) is 1.58. The molecule has 0 N–H and O–H groups in total. The van der Waals surface area contributed by atoms with Crippen LogP contribution >= 0.6 is 0 Å². The molecule has 0 fully saturated rings. The van der Waals surface area contributed by atoms with Crippen LogP contribution in [0, 0.1) is 5.92 Å². The topological polar surface area (TPSA) is 88.1 Å². The third-order valence-electron chi connectivity index (χ3n) is 5.52. The van der Waals surface area contributed by atoms with E-state index in [0.29, 0.717) is 35.4 Å². The molecule has 174 valence electrons. The minimum absolute atomic E-state index is 0.289. The number of hydrogen-bond donors (Lipinski definition) is 0. The Labute approximate surface area is 194 Å². The van der Waals surface area contributed by atoms with E-state index in [9.17, 15) is 14.4 Å². The zero-order chi connectivity index (χ0) is 24.5. The van der Waals surface area contributed by atoms with Crippen molar-refractivity contribution in [1.29, 1.82) is 0 Å². The van der Waals surface area contributed by atoms with Gasteiger partial charge in [-0.05, 0) is 32.8 Å². The Morgan fingerprint density at radius 3 is 2.48 bits per heavy atom. The standard InChI is InChI=1S/C24H31BN4O4/c1-7-9-16(22(31)33-24(2,3)4)13-18-26-20-19(21(30)28(6)23(32)27(20)5)29(18)14-15-10-8-11-17(25)12-15/h8,10-12,16H,7,9,13-14H2,1-6H3. The van der Waals surface area contributed by atoms with Crippen molar-refractivity contribution in [3.05, 3.63) is 56.5 Å². The monoisotopic (exact) mass is 450 g/mol. The maximum absolute atomic E-state index is 13.1. The molecule has 0 saturated carbocycles. The van der Waals surface area contributed by atoms with Gasteiger partial charge in [-0.15, -0.1) is 0 Å². The van der Waals surface area contributed by atoms with Gasteiger partial charge in [0.25, 0.3) is 5.56 Å². The second-order valence-corrected chi connectivity index (χ2v) is 9.46. The largest absolute Gasteiger partial charge is 0.460 e. The Morgan fingerprint density at radius 1 is 1.18 bits per heavy atom. The van der Waals surface area contributed by atoms with Gasteiger partial charge in [-0.2, -0.15) is 0 Å². The lowest BCUT2D eigenvalue weighted by Crippen LogP contribution is -2.37. The van der Waals surface area contributed by atoms with E-state index in [-0.39, 0.29) is 12.4 Å². The van der Waals surface area contributed by atoms with Gasteiger partial charge < -0.3 is 9.30 Å². The van der Waals surface area contributed by atoms with Crippen molar-refractivity contribution >= 4 is 30.4 Å². The van der Waals surface area contributed by atoms with Gasteiger partial charge in [-0.1, -0.05) is 43.1 Å². The van der Waals surface area contributed by atoms with Crippen LogP contribution < -0.4 is 16.7 Å². The summed E-state index contributed by atoms with van der Waals surface area (Å²) in [5.74, 6) is -0.171. The fourth-order valence-corrected chi connectivity index (χ4v) is 3.95. The lowest BCUT2D eigenvalue weighted by molar-refractivity contribution is -0.160. The summed E-state index contributed by atoms with van der Waals surface area (Å²) in [4.78, 5) is 43.2. The van der Waals surface area contributed by atoms with E-state index in [1.807, 2.05) is 45.9 Å². The molecular formula is C24H31BN4O4. The summed E-state index contributed by atoms with van der Waals surface area (Å²) in [6.07, 6.45) is 1.70. The summed E-state index contributed by atoms with van der Waals surface area (Å²) >= 11 is 0. The molecule has 8 nitrogen and oxygen atoms in total. The summed E-state index contributed by atoms with van der Waals surface area (Å²) in [6, 6.07) is 7.38. The van der Waals surface area contributed by atoms with Gasteiger partial charge in [0.05, 0.1) is 5.92 Å². The van der Waals surface area contributed by atoms with Crippen molar-refractivity contribution < 1.29 is 9.53 Å². The normalized spacial score (nSPS) is 12.8. The molecule has 1 unspecified atom stereocenters. The van der Waals surface area contributed by atoms with Crippen LogP contribution in [0.4, 0.5) is 0 Å². The highest BCUT2D eigenvalue weighted by Gasteiger charge is 2.28. The molecule has 0 bridgehead atoms. The van der Waals surface area contributed by atoms with Crippen LogP contribution in [0.15, 0.2) is 33.9 Å². The molecule has 0 aliphatic rings. The predicted molar refractivity (Wildman–Crippen MR) is 129 cm³/mol. The molecule has 3 rings (SSSR count). The highest BCUT2D eigenvalue weighted by molar-refractivity contribution is 6.32. The molecule has 2 aromatic heterocycles. The minimum atomic E-state index is -0.607. The van der Waals surface area contributed by atoms with E-state index in [4.69, 9.17) is 12.6 Å². The van der Waals surface area contributed by atoms with Crippen LogP contribution in [-0.2, 0) is 36.6 Å². The zero-order valence-electron chi connectivity index (χ0n) is 20.2. The molecular weight excluding hydrogens is 419 g/mol. The Hall–Kier alpha value is -3.10. The fraction of sp³-hybridized carbons (Fsp3) is 0.500. The fourth-order valence-electron chi connectivity index (χ4n) is 3.95. The van der Waals surface area contributed by atoms with Crippen molar-refractivity contribution in [3.8, 4) is 0 Å². The van der Waals surface area contributed by atoms with Crippen LogP contribution in [0.25, 0.3) is 11.2 Å². The smallest absolute Gasteiger partial charge is 0.332 e. The molecule has 0 amide bonds. The van der Waals surface area contributed by atoms with E-state index in [0.717, 1.165) is 16.6 Å². The van der Waals surface area contributed by atoms with Crippen molar-refractivity contribution in [3.63, 3.8) is 0 Å². The Bertz CT molecular complexity index is 1300. The van der Waals surface area contributed by atoms with Gasteiger partial charge in [0.15, 0.2) is 11.2 Å². The molecule has 2 heterocycles. The second-order valence-electron chi connectivity index (χ2n) is 9.46. The first-order valence-corrected chi connectivity index (χ1v) is 11.1. The summed E-state index contributed by atoms with van der Waals surface area (Å²) in [5.41, 5.74) is 0.611.